The highest BCUT2D eigenvalue weighted by Gasteiger charge is 2.13. The van der Waals surface area contributed by atoms with Gasteiger partial charge in [-0.15, -0.1) is 11.3 Å². The van der Waals surface area contributed by atoms with Crippen molar-refractivity contribution in [2.75, 3.05) is 0 Å². The van der Waals surface area contributed by atoms with Crippen molar-refractivity contribution in [3.8, 4) is 0 Å². The van der Waals surface area contributed by atoms with Crippen LogP contribution in [0, 0.1) is 12.7 Å². The summed E-state index contributed by atoms with van der Waals surface area (Å²) in [7, 11) is 0. The highest BCUT2D eigenvalue weighted by atomic mass is 79.9. The van der Waals surface area contributed by atoms with E-state index in [2.05, 4.69) is 20.9 Å². The van der Waals surface area contributed by atoms with E-state index in [1.807, 2.05) is 12.3 Å². The highest BCUT2D eigenvalue weighted by Crippen LogP contribution is 2.26. The lowest BCUT2D eigenvalue weighted by Gasteiger charge is -2.12. The number of hydrogen-bond acceptors (Lipinski definition) is 3. The number of nitrogens with zero attached hydrogens (tertiary/aromatic N) is 1. The molecule has 0 radical (unpaired) electrons. The highest BCUT2D eigenvalue weighted by molar-refractivity contribution is 9.10. The molecule has 0 saturated heterocycles. The first-order chi connectivity index (χ1) is 8.06. The van der Waals surface area contributed by atoms with Crippen LogP contribution in [0.5, 0.6) is 0 Å². The molecule has 0 bridgehead atoms. The van der Waals surface area contributed by atoms with E-state index >= 15 is 0 Å². The van der Waals surface area contributed by atoms with Gasteiger partial charge in [0.05, 0.1) is 5.01 Å². The van der Waals surface area contributed by atoms with Crippen molar-refractivity contribution < 1.29 is 4.39 Å². The number of hydrogen-bond donors (Lipinski definition) is 1. The van der Waals surface area contributed by atoms with Crippen molar-refractivity contribution in [2.45, 2.75) is 19.4 Å². The van der Waals surface area contributed by atoms with Crippen LogP contribution < -0.4 is 5.73 Å². The third kappa shape index (κ3) is 3.12. The van der Waals surface area contributed by atoms with Gasteiger partial charge in [0.1, 0.15) is 5.82 Å². The van der Waals surface area contributed by atoms with Gasteiger partial charge in [-0.3, -0.25) is 0 Å². The number of benzene rings is 1. The monoisotopic (exact) mass is 314 g/mol. The van der Waals surface area contributed by atoms with Gasteiger partial charge in [-0.2, -0.15) is 0 Å². The lowest BCUT2D eigenvalue weighted by atomic mass is 10.1. The SMILES string of the molecule is Cc1csc(CC(N)c2ccc(F)cc2Br)n1. The summed E-state index contributed by atoms with van der Waals surface area (Å²) in [6, 6.07) is 4.40. The molecule has 17 heavy (non-hydrogen) atoms. The summed E-state index contributed by atoms with van der Waals surface area (Å²) < 4.78 is 13.7. The first-order valence-electron chi connectivity index (χ1n) is 5.18. The Kier molecular flexibility index (Phi) is 3.91. The molecular weight excluding hydrogens is 303 g/mol. The summed E-state index contributed by atoms with van der Waals surface area (Å²) >= 11 is 4.93. The second-order valence-corrected chi connectivity index (χ2v) is 5.66. The maximum Gasteiger partial charge on any atom is 0.124 e. The molecule has 0 aliphatic heterocycles. The van der Waals surface area contributed by atoms with Gasteiger partial charge in [0.15, 0.2) is 0 Å². The second-order valence-electron chi connectivity index (χ2n) is 3.86. The Morgan fingerprint density at radius 1 is 1.53 bits per heavy atom. The Morgan fingerprint density at radius 2 is 2.29 bits per heavy atom. The molecule has 1 atom stereocenters. The number of thiazole rings is 1. The molecule has 1 aromatic heterocycles. The van der Waals surface area contributed by atoms with Gasteiger partial charge < -0.3 is 5.73 Å². The van der Waals surface area contributed by atoms with Crippen LogP contribution in [0.1, 0.15) is 22.3 Å². The molecule has 0 aliphatic carbocycles. The van der Waals surface area contributed by atoms with E-state index in [-0.39, 0.29) is 11.9 Å². The van der Waals surface area contributed by atoms with Gasteiger partial charge in [-0.25, -0.2) is 9.37 Å². The average Bonchev–Trinajstić information content (AvgIpc) is 2.63. The predicted octanol–water partition coefficient (Wildman–Crippen LogP) is 3.60. The molecule has 0 fully saturated rings. The minimum atomic E-state index is -0.266. The third-order valence-electron chi connectivity index (χ3n) is 2.42. The Morgan fingerprint density at radius 3 is 2.88 bits per heavy atom. The van der Waals surface area contributed by atoms with Gasteiger partial charge in [0.25, 0.3) is 0 Å². The molecule has 0 aliphatic rings. The van der Waals surface area contributed by atoms with E-state index in [0.29, 0.717) is 10.9 Å². The van der Waals surface area contributed by atoms with Crippen LogP contribution >= 0.6 is 27.3 Å². The number of rotatable bonds is 3. The molecule has 1 unspecified atom stereocenters. The number of aromatic nitrogens is 1. The van der Waals surface area contributed by atoms with Gasteiger partial charge in [-0.1, -0.05) is 22.0 Å². The van der Waals surface area contributed by atoms with Gasteiger partial charge >= 0.3 is 0 Å². The molecule has 0 spiro atoms. The van der Waals surface area contributed by atoms with Crippen LogP contribution in [-0.2, 0) is 6.42 Å². The molecule has 2 rings (SSSR count). The van der Waals surface area contributed by atoms with E-state index in [1.54, 1.807) is 17.4 Å². The Bertz CT molecular complexity index is 527. The van der Waals surface area contributed by atoms with Gasteiger partial charge in [0.2, 0.25) is 0 Å². The zero-order valence-corrected chi connectivity index (χ0v) is 11.7. The molecule has 90 valence electrons. The standard InChI is InChI=1S/C12H12BrFN2S/c1-7-6-17-12(16-7)5-11(15)9-3-2-8(14)4-10(9)13/h2-4,6,11H,5,15H2,1H3. The predicted molar refractivity (Wildman–Crippen MR) is 71.6 cm³/mol. The van der Waals surface area contributed by atoms with E-state index in [0.717, 1.165) is 16.3 Å². The Labute approximate surface area is 112 Å². The minimum absolute atomic E-state index is 0.171. The van der Waals surface area contributed by atoms with Crippen LogP contribution in [0.25, 0.3) is 0 Å². The molecule has 1 heterocycles. The zero-order chi connectivity index (χ0) is 12.4. The molecular formula is C12H12BrFN2S. The van der Waals surface area contributed by atoms with E-state index in [1.165, 1.54) is 12.1 Å². The number of aryl methyl sites for hydroxylation is 1. The van der Waals surface area contributed by atoms with Crippen LogP contribution in [0.2, 0.25) is 0 Å². The molecule has 2 N–H and O–H groups in total. The molecule has 5 heteroatoms. The van der Waals surface area contributed by atoms with E-state index in [9.17, 15) is 4.39 Å². The maximum atomic E-state index is 13.0. The number of nitrogens with two attached hydrogens (primary N) is 1. The minimum Gasteiger partial charge on any atom is -0.324 e. The van der Waals surface area contributed by atoms with Crippen LogP contribution in [0.15, 0.2) is 28.1 Å². The van der Waals surface area contributed by atoms with E-state index in [4.69, 9.17) is 5.73 Å². The van der Waals surface area contributed by atoms with Crippen molar-refractivity contribution in [3.05, 3.63) is 50.1 Å². The average molecular weight is 315 g/mol. The molecule has 2 nitrogen and oxygen atoms in total. The summed E-state index contributed by atoms with van der Waals surface area (Å²) in [6.07, 6.45) is 0.669. The second kappa shape index (κ2) is 5.25. The van der Waals surface area contributed by atoms with Gasteiger partial charge in [0, 0.05) is 28.0 Å². The lowest BCUT2D eigenvalue weighted by Crippen LogP contribution is -2.14. The third-order valence-corrected chi connectivity index (χ3v) is 4.10. The summed E-state index contributed by atoms with van der Waals surface area (Å²) in [4.78, 5) is 4.37. The van der Waals surface area contributed by atoms with Crippen molar-refractivity contribution >= 4 is 27.3 Å². The fourth-order valence-corrected chi connectivity index (χ4v) is 3.07. The maximum absolute atomic E-state index is 13.0. The number of halogens is 2. The molecule has 1 aromatic carbocycles. The molecule has 0 saturated carbocycles. The Balaban J connectivity index is 2.17. The Hall–Kier alpha value is -0.780. The summed E-state index contributed by atoms with van der Waals surface area (Å²) in [5.74, 6) is -0.266. The van der Waals surface area contributed by atoms with Crippen LogP contribution in [-0.4, -0.2) is 4.98 Å². The smallest absolute Gasteiger partial charge is 0.124 e. The topological polar surface area (TPSA) is 38.9 Å². The van der Waals surface area contributed by atoms with Crippen molar-refractivity contribution in [2.24, 2.45) is 5.73 Å². The summed E-state index contributed by atoms with van der Waals surface area (Å²) in [5, 5.41) is 3.01. The van der Waals surface area contributed by atoms with Crippen molar-refractivity contribution in [1.82, 2.24) is 4.98 Å². The fraction of sp³-hybridized carbons (Fsp3) is 0.250. The zero-order valence-electron chi connectivity index (χ0n) is 9.28. The largest absolute Gasteiger partial charge is 0.324 e. The van der Waals surface area contributed by atoms with Crippen LogP contribution in [0.3, 0.4) is 0 Å². The normalized spacial score (nSPS) is 12.7. The first-order valence-corrected chi connectivity index (χ1v) is 6.85. The molecule has 2 aromatic rings. The van der Waals surface area contributed by atoms with Crippen molar-refractivity contribution in [1.29, 1.82) is 0 Å². The first kappa shape index (κ1) is 12.7. The fourth-order valence-electron chi connectivity index (χ4n) is 1.60. The summed E-state index contributed by atoms with van der Waals surface area (Å²) in [5.41, 5.74) is 8.01. The lowest BCUT2D eigenvalue weighted by molar-refractivity contribution is 0.622. The molecule has 0 amide bonds. The van der Waals surface area contributed by atoms with Crippen LogP contribution in [0.4, 0.5) is 4.39 Å². The van der Waals surface area contributed by atoms with E-state index < -0.39 is 0 Å². The van der Waals surface area contributed by atoms with Crippen molar-refractivity contribution in [3.63, 3.8) is 0 Å². The van der Waals surface area contributed by atoms with Gasteiger partial charge in [-0.05, 0) is 24.6 Å². The quantitative estimate of drug-likeness (QED) is 0.940. The summed E-state index contributed by atoms with van der Waals surface area (Å²) in [6.45, 7) is 1.96.